The third kappa shape index (κ3) is 4.10. The summed E-state index contributed by atoms with van der Waals surface area (Å²) >= 11 is 3.32. The van der Waals surface area contributed by atoms with E-state index < -0.39 is 5.97 Å². The molecule has 0 aliphatic carbocycles. The first-order chi connectivity index (χ1) is 9.54. The molecule has 0 unspecified atom stereocenters. The van der Waals surface area contributed by atoms with Crippen molar-refractivity contribution in [2.24, 2.45) is 0 Å². The van der Waals surface area contributed by atoms with Gasteiger partial charge in [-0.1, -0.05) is 22.0 Å². The highest BCUT2D eigenvalue weighted by Crippen LogP contribution is 2.18. The van der Waals surface area contributed by atoms with Gasteiger partial charge in [-0.25, -0.2) is 4.79 Å². The molecule has 2 aromatic carbocycles. The van der Waals surface area contributed by atoms with Crippen LogP contribution in [0, 0.1) is 13.8 Å². The van der Waals surface area contributed by atoms with Gasteiger partial charge in [-0.3, -0.25) is 0 Å². The third-order valence-electron chi connectivity index (χ3n) is 2.88. The van der Waals surface area contributed by atoms with Crippen molar-refractivity contribution in [3.63, 3.8) is 0 Å². The van der Waals surface area contributed by atoms with Gasteiger partial charge < -0.3 is 9.47 Å². The molecule has 0 bridgehead atoms. The summed E-state index contributed by atoms with van der Waals surface area (Å²) < 4.78 is 11.5. The molecule has 3 nitrogen and oxygen atoms in total. The molecule has 0 aliphatic rings. The Kier molecular flexibility index (Phi) is 4.79. The second-order valence-corrected chi connectivity index (χ2v) is 5.38. The van der Waals surface area contributed by atoms with Gasteiger partial charge in [0.25, 0.3) is 0 Å². The van der Waals surface area contributed by atoms with Crippen LogP contribution in [0.25, 0.3) is 0 Å². The van der Waals surface area contributed by atoms with Gasteiger partial charge in [-0.2, -0.15) is 0 Å². The Labute approximate surface area is 126 Å². The third-order valence-corrected chi connectivity index (χ3v) is 3.41. The number of halogens is 1. The minimum atomic E-state index is -0.425. The van der Waals surface area contributed by atoms with Crippen molar-refractivity contribution >= 4 is 21.9 Å². The molecule has 0 saturated carbocycles. The lowest BCUT2D eigenvalue weighted by atomic mass is 10.1. The second kappa shape index (κ2) is 6.57. The van der Waals surface area contributed by atoms with Crippen molar-refractivity contribution in [1.82, 2.24) is 0 Å². The van der Waals surface area contributed by atoms with E-state index in [1.54, 1.807) is 12.1 Å². The van der Waals surface area contributed by atoms with Crippen molar-refractivity contribution in [1.29, 1.82) is 0 Å². The molecule has 2 rings (SSSR count). The molecule has 0 radical (unpaired) electrons. The monoisotopic (exact) mass is 334 g/mol. The van der Waals surface area contributed by atoms with E-state index in [9.17, 15) is 4.79 Å². The number of benzene rings is 2. The van der Waals surface area contributed by atoms with Gasteiger partial charge in [0.2, 0.25) is 0 Å². The van der Waals surface area contributed by atoms with Crippen molar-refractivity contribution in [3.05, 3.63) is 58.1 Å². The molecule has 0 saturated heterocycles. The average molecular weight is 335 g/mol. The highest BCUT2D eigenvalue weighted by molar-refractivity contribution is 9.10. The molecule has 0 aliphatic heterocycles. The summed E-state index contributed by atoms with van der Waals surface area (Å²) in [5.41, 5.74) is 2.32. The Morgan fingerprint density at radius 3 is 2.30 bits per heavy atom. The summed E-state index contributed by atoms with van der Waals surface area (Å²) in [6.45, 7) is 3.92. The van der Waals surface area contributed by atoms with Crippen LogP contribution in [-0.4, -0.2) is 12.6 Å². The smallest absolute Gasteiger partial charge is 0.349 e. The van der Waals surface area contributed by atoms with Crippen molar-refractivity contribution in [2.45, 2.75) is 13.8 Å². The van der Waals surface area contributed by atoms with Crippen molar-refractivity contribution < 1.29 is 14.3 Å². The van der Waals surface area contributed by atoms with E-state index in [-0.39, 0.29) is 6.61 Å². The van der Waals surface area contributed by atoms with Crippen LogP contribution in [0.2, 0.25) is 0 Å². The summed E-state index contributed by atoms with van der Waals surface area (Å²) in [4.78, 5) is 11.7. The molecular weight excluding hydrogens is 320 g/mol. The molecule has 4 heteroatoms. The summed E-state index contributed by atoms with van der Waals surface area (Å²) in [5.74, 6) is 0.744. The largest absolute Gasteiger partial charge is 0.482 e. The summed E-state index contributed by atoms with van der Waals surface area (Å²) in [6.07, 6.45) is 0. The minimum absolute atomic E-state index is 0.113. The van der Waals surface area contributed by atoms with Gasteiger partial charge in [0.05, 0.1) is 0 Å². The van der Waals surface area contributed by atoms with Gasteiger partial charge in [0.15, 0.2) is 6.61 Å². The molecule has 20 heavy (non-hydrogen) atoms. The molecule has 0 spiro atoms. The maximum absolute atomic E-state index is 11.7. The lowest BCUT2D eigenvalue weighted by molar-refractivity contribution is -0.136. The zero-order chi connectivity index (χ0) is 14.5. The molecule has 0 heterocycles. The Morgan fingerprint density at radius 2 is 1.65 bits per heavy atom. The van der Waals surface area contributed by atoms with E-state index in [0.29, 0.717) is 11.5 Å². The van der Waals surface area contributed by atoms with E-state index in [0.717, 1.165) is 10.0 Å². The van der Waals surface area contributed by atoms with Crippen LogP contribution in [0.1, 0.15) is 11.1 Å². The first kappa shape index (κ1) is 14.6. The quantitative estimate of drug-likeness (QED) is 0.625. The van der Waals surface area contributed by atoms with Crippen molar-refractivity contribution in [3.8, 4) is 11.5 Å². The fourth-order valence-corrected chi connectivity index (χ4v) is 1.87. The Bertz CT molecular complexity index is 606. The zero-order valence-corrected chi connectivity index (χ0v) is 12.9. The van der Waals surface area contributed by atoms with E-state index >= 15 is 0 Å². The average Bonchev–Trinajstić information content (AvgIpc) is 2.43. The fourth-order valence-electron chi connectivity index (χ4n) is 1.61. The predicted octanol–water partition coefficient (Wildman–Crippen LogP) is 4.05. The summed E-state index contributed by atoms with van der Waals surface area (Å²) in [5, 5.41) is 0. The van der Waals surface area contributed by atoms with Crippen LogP contribution in [-0.2, 0) is 4.79 Å². The maximum atomic E-state index is 11.7. The SMILES string of the molecule is Cc1ccc(OCC(=O)Oc2ccc(Br)cc2)cc1C. The molecule has 0 N–H and O–H groups in total. The van der Waals surface area contributed by atoms with Crippen LogP contribution in [0.15, 0.2) is 46.9 Å². The number of ether oxygens (including phenoxy) is 2. The molecule has 104 valence electrons. The summed E-state index contributed by atoms with van der Waals surface area (Å²) in [6, 6.07) is 12.8. The summed E-state index contributed by atoms with van der Waals surface area (Å²) in [7, 11) is 0. The van der Waals surface area contributed by atoms with Gasteiger partial charge in [0.1, 0.15) is 11.5 Å². The van der Waals surface area contributed by atoms with Crippen LogP contribution < -0.4 is 9.47 Å². The molecule has 0 aromatic heterocycles. The first-order valence-corrected chi connectivity index (χ1v) is 7.00. The second-order valence-electron chi connectivity index (χ2n) is 4.46. The Morgan fingerprint density at radius 1 is 1.00 bits per heavy atom. The Balaban J connectivity index is 1.88. The number of aryl methyl sites for hydroxylation is 2. The zero-order valence-electron chi connectivity index (χ0n) is 11.4. The molecule has 0 amide bonds. The Hall–Kier alpha value is -1.81. The van der Waals surface area contributed by atoms with Crippen LogP contribution in [0.4, 0.5) is 0 Å². The van der Waals surface area contributed by atoms with E-state index in [4.69, 9.17) is 9.47 Å². The molecule has 2 aromatic rings. The highest BCUT2D eigenvalue weighted by atomic mass is 79.9. The van der Waals surface area contributed by atoms with Gasteiger partial charge in [-0.05, 0) is 61.4 Å². The number of rotatable bonds is 4. The lowest BCUT2D eigenvalue weighted by Crippen LogP contribution is -2.17. The molecule has 0 atom stereocenters. The van der Waals surface area contributed by atoms with Gasteiger partial charge in [0, 0.05) is 4.47 Å². The molecular formula is C16H15BrO3. The minimum Gasteiger partial charge on any atom is -0.482 e. The van der Waals surface area contributed by atoms with Crippen LogP contribution in [0.5, 0.6) is 11.5 Å². The first-order valence-electron chi connectivity index (χ1n) is 6.21. The number of hydrogen-bond donors (Lipinski definition) is 0. The number of esters is 1. The van der Waals surface area contributed by atoms with Crippen LogP contribution in [0.3, 0.4) is 0 Å². The van der Waals surface area contributed by atoms with Gasteiger partial charge in [-0.15, -0.1) is 0 Å². The van der Waals surface area contributed by atoms with Crippen LogP contribution >= 0.6 is 15.9 Å². The van der Waals surface area contributed by atoms with E-state index in [1.165, 1.54) is 5.56 Å². The molecule has 0 fully saturated rings. The highest BCUT2D eigenvalue weighted by Gasteiger charge is 2.06. The normalized spacial score (nSPS) is 10.2. The van der Waals surface area contributed by atoms with Gasteiger partial charge >= 0.3 is 5.97 Å². The van der Waals surface area contributed by atoms with Crippen molar-refractivity contribution in [2.75, 3.05) is 6.61 Å². The van der Waals surface area contributed by atoms with E-state index in [2.05, 4.69) is 15.9 Å². The standard InChI is InChI=1S/C16H15BrO3/c1-11-3-6-15(9-12(11)2)19-10-16(18)20-14-7-4-13(17)5-8-14/h3-9H,10H2,1-2H3. The maximum Gasteiger partial charge on any atom is 0.349 e. The number of carbonyl (C=O) groups excluding carboxylic acids is 1. The topological polar surface area (TPSA) is 35.5 Å². The van der Waals surface area contributed by atoms with E-state index in [1.807, 2.05) is 44.2 Å². The predicted molar refractivity (Wildman–Crippen MR) is 81.2 cm³/mol. The fraction of sp³-hybridized carbons (Fsp3) is 0.188. The lowest BCUT2D eigenvalue weighted by Gasteiger charge is -2.08. The number of hydrogen-bond acceptors (Lipinski definition) is 3. The number of carbonyl (C=O) groups is 1.